The van der Waals surface area contributed by atoms with Crippen LogP contribution in [0.2, 0.25) is 0 Å². The summed E-state index contributed by atoms with van der Waals surface area (Å²) in [6.07, 6.45) is 6.25. The molecule has 2 heterocycles. The number of hydrogen-bond donors (Lipinski definition) is 1. The zero-order valence-corrected chi connectivity index (χ0v) is 15.9. The Morgan fingerprint density at radius 3 is 2.77 bits per heavy atom. The number of allylic oxidation sites excluding steroid dienone is 1. The van der Waals surface area contributed by atoms with Gasteiger partial charge >= 0.3 is 5.97 Å². The summed E-state index contributed by atoms with van der Waals surface area (Å²) >= 11 is 0. The van der Waals surface area contributed by atoms with Gasteiger partial charge < -0.3 is 15.0 Å². The third-order valence-corrected chi connectivity index (χ3v) is 5.98. The van der Waals surface area contributed by atoms with E-state index >= 15 is 0 Å². The molecule has 0 radical (unpaired) electrons. The first-order valence-corrected chi connectivity index (χ1v) is 10.0. The summed E-state index contributed by atoms with van der Waals surface area (Å²) in [6, 6.07) is 0. The van der Waals surface area contributed by atoms with Crippen LogP contribution < -0.4 is 5.32 Å². The molecule has 2 aliphatic heterocycles. The number of ether oxygens (including phenoxy) is 1. The first kappa shape index (κ1) is 18.9. The van der Waals surface area contributed by atoms with Crippen molar-refractivity contribution in [2.45, 2.75) is 65.2 Å². The van der Waals surface area contributed by atoms with Gasteiger partial charge in [-0.3, -0.25) is 14.4 Å². The number of carbonyl (C=O) groups is 3. The van der Waals surface area contributed by atoms with Crippen molar-refractivity contribution in [3.63, 3.8) is 0 Å². The van der Waals surface area contributed by atoms with Crippen molar-refractivity contribution in [1.82, 2.24) is 10.2 Å². The van der Waals surface area contributed by atoms with Gasteiger partial charge in [0, 0.05) is 25.2 Å². The number of amides is 2. The molecule has 2 amide bonds. The summed E-state index contributed by atoms with van der Waals surface area (Å²) in [6.45, 7) is 5.39. The molecule has 2 atom stereocenters. The first-order chi connectivity index (χ1) is 12.6. The number of nitrogens with zero attached hydrogens (tertiary/aromatic N) is 1. The molecule has 1 saturated heterocycles. The van der Waals surface area contributed by atoms with Crippen LogP contribution in [0.5, 0.6) is 0 Å². The summed E-state index contributed by atoms with van der Waals surface area (Å²) in [5.74, 6) is -1.17. The van der Waals surface area contributed by atoms with E-state index in [1.807, 2.05) is 0 Å². The van der Waals surface area contributed by atoms with Crippen LogP contribution >= 0.6 is 0 Å². The van der Waals surface area contributed by atoms with Crippen molar-refractivity contribution >= 4 is 17.8 Å². The Morgan fingerprint density at radius 2 is 2.04 bits per heavy atom. The molecule has 1 fully saturated rings. The Morgan fingerprint density at radius 1 is 1.27 bits per heavy atom. The van der Waals surface area contributed by atoms with Gasteiger partial charge in [-0.15, -0.1) is 0 Å². The molecule has 1 N–H and O–H groups in total. The van der Waals surface area contributed by atoms with Gasteiger partial charge in [0.15, 0.2) is 0 Å². The summed E-state index contributed by atoms with van der Waals surface area (Å²) in [4.78, 5) is 40.5. The van der Waals surface area contributed by atoms with Crippen LogP contribution in [-0.4, -0.2) is 42.4 Å². The van der Waals surface area contributed by atoms with Crippen LogP contribution in [0.15, 0.2) is 11.3 Å². The van der Waals surface area contributed by atoms with Crippen LogP contribution in [0.25, 0.3) is 0 Å². The van der Waals surface area contributed by atoms with Gasteiger partial charge in [0.25, 0.3) is 0 Å². The van der Waals surface area contributed by atoms with Crippen LogP contribution in [-0.2, 0) is 19.1 Å². The third kappa shape index (κ3) is 3.03. The predicted molar refractivity (Wildman–Crippen MR) is 96.9 cm³/mol. The summed E-state index contributed by atoms with van der Waals surface area (Å²) < 4.78 is 5.43. The molecule has 0 saturated carbocycles. The number of unbranched alkanes of at least 4 members (excludes halogenated alkanes) is 1. The molecular weight excluding hydrogens is 332 g/mol. The van der Waals surface area contributed by atoms with Crippen LogP contribution in [0.3, 0.4) is 0 Å². The molecule has 6 nitrogen and oxygen atoms in total. The number of esters is 1. The maximum Gasteiger partial charge on any atom is 0.318 e. The van der Waals surface area contributed by atoms with E-state index in [9.17, 15) is 14.4 Å². The second-order valence-electron chi connectivity index (χ2n) is 7.55. The fourth-order valence-corrected chi connectivity index (χ4v) is 4.85. The maximum atomic E-state index is 13.2. The standard InChI is InChI=1S/C20H30N2O4/c1-3-5-11-21-16(23)13-15-18(24)22-12-7-9-14-8-6-10-20(15,17(14)22)19(25)26-4-2/h15H,3-13H2,1-2H3,(H,21,23)/t15-,20-/m1/s1. The Labute approximate surface area is 155 Å². The minimum Gasteiger partial charge on any atom is -0.465 e. The van der Waals surface area contributed by atoms with Crippen molar-refractivity contribution in [2.75, 3.05) is 19.7 Å². The number of carbonyl (C=O) groups excluding carboxylic acids is 3. The van der Waals surface area contributed by atoms with Crippen molar-refractivity contribution in [2.24, 2.45) is 11.3 Å². The molecule has 144 valence electrons. The number of hydrogen-bond acceptors (Lipinski definition) is 4. The summed E-state index contributed by atoms with van der Waals surface area (Å²) in [5, 5.41) is 2.90. The lowest BCUT2D eigenvalue weighted by Crippen LogP contribution is -2.44. The largest absolute Gasteiger partial charge is 0.465 e. The summed E-state index contributed by atoms with van der Waals surface area (Å²) in [7, 11) is 0. The van der Waals surface area contributed by atoms with Crippen LogP contribution in [0, 0.1) is 11.3 Å². The van der Waals surface area contributed by atoms with Gasteiger partial charge in [0.05, 0.1) is 12.5 Å². The Kier molecular flexibility index (Phi) is 5.68. The number of rotatable bonds is 7. The smallest absolute Gasteiger partial charge is 0.318 e. The molecule has 26 heavy (non-hydrogen) atoms. The van der Waals surface area contributed by atoms with E-state index in [2.05, 4.69) is 12.2 Å². The summed E-state index contributed by atoms with van der Waals surface area (Å²) in [5.41, 5.74) is 1.14. The zero-order valence-electron chi connectivity index (χ0n) is 15.9. The van der Waals surface area contributed by atoms with Gasteiger partial charge in [0.2, 0.25) is 11.8 Å². The van der Waals surface area contributed by atoms with E-state index in [1.165, 1.54) is 5.57 Å². The zero-order chi connectivity index (χ0) is 18.7. The second kappa shape index (κ2) is 7.80. The van der Waals surface area contributed by atoms with E-state index in [0.717, 1.165) is 44.2 Å². The molecule has 0 spiro atoms. The lowest BCUT2D eigenvalue weighted by atomic mass is 9.65. The van der Waals surface area contributed by atoms with Crippen molar-refractivity contribution in [3.05, 3.63) is 11.3 Å². The highest BCUT2D eigenvalue weighted by atomic mass is 16.5. The predicted octanol–water partition coefficient (Wildman–Crippen LogP) is 2.53. The molecule has 0 unspecified atom stereocenters. The average molecular weight is 362 g/mol. The van der Waals surface area contributed by atoms with Crippen LogP contribution in [0.4, 0.5) is 0 Å². The molecule has 1 aliphatic carbocycles. The van der Waals surface area contributed by atoms with Crippen molar-refractivity contribution < 1.29 is 19.1 Å². The minimum absolute atomic E-state index is 0.0641. The van der Waals surface area contributed by atoms with Gasteiger partial charge in [-0.25, -0.2) is 0 Å². The van der Waals surface area contributed by atoms with Gasteiger partial charge in [-0.1, -0.05) is 13.3 Å². The fraction of sp³-hybridized carbons (Fsp3) is 0.750. The Hall–Kier alpha value is -1.85. The normalized spacial score (nSPS) is 27.4. The van der Waals surface area contributed by atoms with Crippen molar-refractivity contribution in [1.29, 1.82) is 0 Å². The van der Waals surface area contributed by atoms with Gasteiger partial charge in [-0.2, -0.15) is 0 Å². The highest BCUT2D eigenvalue weighted by molar-refractivity contribution is 5.99. The quantitative estimate of drug-likeness (QED) is 0.558. The Bertz CT molecular complexity index is 623. The Balaban J connectivity index is 1.94. The molecule has 0 bridgehead atoms. The molecular formula is C20H30N2O4. The SMILES string of the molecule is CCCCNC(=O)C[C@@H]1C(=O)N2CCCC3=C2[C@@]1(C(=O)OCC)CCC3. The second-order valence-corrected chi connectivity index (χ2v) is 7.55. The molecule has 3 rings (SSSR count). The van der Waals surface area contributed by atoms with E-state index in [0.29, 0.717) is 19.5 Å². The van der Waals surface area contributed by atoms with E-state index in [4.69, 9.17) is 4.74 Å². The van der Waals surface area contributed by atoms with Crippen LogP contribution in [0.1, 0.15) is 65.2 Å². The molecule has 0 aromatic heterocycles. The molecule has 6 heteroatoms. The average Bonchev–Trinajstić information content (AvgIpc) is 2.88. The van der Waals surface area contributed by atoms with E-state index in [-0.39, 0.29) is 30.8 Å². The highest BCUT2D eigenvalue weighted by Gasteiger charge is 2.63. The van der Waals surface area contributed by atoms with E-state index in [1.54, 1.807) is 11.8 Å². The third-order valence-electron chi connectivity index (χ3n) is 5.98. The maximum absolute atomic E-state index is 13.2. The molecule has 0 aromatic carbocycles. The van der Waals surface area contributed by atoms with Crippen molar-refractivity contribution in [3.8, 4) is 0 Å². The molecule has 3 aliphatic rings. The van der Waals surface area contributed by atoms with E-state index < -0.39 is 11.3 Å². The highest BCUT2D eigenvalue weighted by Crippen LogP contribution is 2.57. The lowest BCUT2D eigenvalue weighted by Gasteiger charge is -2.39. The first-order valence-electron chi connectivity index (χ1n) is 10.0. The fourth-order valence-electron chi connectivity index (χ4n) is 4.85. The monoisotopic (exact) mass is 362 g/mol. The number of nitrogens with one attached hydrogen (secondary N) is 1. The van der Waals surface area contributed by atoms with Gasteiger partial charge in [-0.05, 0) is 51.0 Å². The minimum atomic E-state index is -0.955. The van der Waals surface area contributed by atoms with Gasteiger partial charge in [0.1, 0.15) is 5.41 Å². The lowest BCUT2D eigenvalue weighted by molar-refractivity contribution is -0.158. The molecule has 0 aromatic rings. The topological polar surface area (TPSA) is 75.7 Å².